The van der Waals surface area contributed by atoms with Crippen molar-refractivity contribution < 1.29 is 9.59 Å². The summed E-state index contributed by atoms with van der Waals surface area (Å²) in [5, 5.41) is 6.68. The Labute approximate surface area is 177 Å². The summed E-state index contributed by atoms with van der Waals surface area (Å²) in [5.41, 5.74) is 2.37. The van der Waals surface area contributed by atoms with Crippen LogP contribution in [0.2, 0.25) is 5.02 Å². The molecule has 2 aromatic carbocycles. The number of anilines is 1. The number of fused-ring (bicyclic) bond motifs is 2. The van der Waals surface area contributed by atoms with Gasteiger partial charge in [0.2, 0.25) is 11.8 Å². The predicted octanol–water partition coefficient (Wildman–Crippen LogP) is 4.93. The maximum Gasteiger partial charge on any atom is 0.238 e. The molecule has 4 nitrogen and oxygen atoms in total. The van der Waals surface area contributed by atoms with Gasteiger partial charge in [-0.2, -0.15) is 0 Å². The molecule has 2 amide bonds. The molecule has 2 heterocycles. The monoisotopic (exact) mass is 458 g/mol. The van der Waals surface area contributed by atoms with Crippen LogP contribution in [0.25, 0.3) is 0 Å². The molecule has 0 bridgehead atoms. The van der Waals surface area contributed by atoms with E-state index >= 15 is 0 Å². The van der Waals surface area contributed by atoms with Gasteiger partial charge in [0.25, 0.3) is 0 Å². The van der Waals surface area contributed by atoms with Gasteiger partial charge < -0.3 is 10.6 Å². The Morgan fingerprint density at radius 1 is 1.29 bits per heavy atom. The van der Waals surface area contributed by atoms with Crippen molar-refractivity contribution in [3.05, 3.63) is 75.2 Å². The quantitative estimate of drug-likeness (QED) is 0.639. The standard InChI is InChI=1S/C22H20BrClN2O2/c1-3-12(2)20-22(16-8-7-14(23)10-18(16)25-21(22)28)17(11-19(27)26-20)13-5-4-6-15(24)9-13/h4-10,17,20H,2-3,11H2,1H3,(H,25,28)(H,26,27)/t17-,20+,22-/m0/s1. The minimum atomic E-state index is -0.971. The van der Waals surface area contributed by atoms with Crippen molar-refractivity contribution in [1.82, 2.24) is 5.32 Å². The van der Waals surface area contributed by atoms with Crippen LogP contribution in [0.1, 0.15) is 36.8 Å². The fraction of sp³-hybridized carbons (Fsp3) is 0.273. The van der Waals surface area contributed by atoms with Crippen molar-refractivity contribution in [3.63, 3.8) is 0 Å². The topological polar surface area (TPSA) is 58.2 Å². The largest absolute Gasteiger partial charge is 0.348 e. The normalized spacial score (nSPS) is 26.0. The van der Waals surface area contributed by atoms with Crippen LogP contribution in [-0.4, -0.2) is 17.9 Å². The molecule has 3 atom stereocenters. The molecular weight excluding hydrogens is 440 g/mol. The van der Waals surface area contributed by atoms with E-state index < -0.39 is 11.5 Å². The van der Waals surface area contributed by atoms with E-state index in [1.807, 2.05) is 43.3 Å². The number of carbonyl (C=O) groups excluding carboxylic acids is 2. The van der Waals surface area contributed by atoms with E-state index in [0.29, 0.717) is 11.4 Å². The number of halogens is 2. The molecule has 28 heavy (non-hydrogen) atoms. The highest BCUT2D eigenvalue weighted by atomic mass is 79.9. The van der Waals surface area contributed by atoms with E-state index in [0.717, 1.165) is 26.9 Å². The lowest BCUT2D eigenvalue weighted by atomic mass is 9.59. The van der Waals surface area contributed by atoms with Crippen LogP contribution < -0.4 is 10.6 Å². The molecular formula is C22H20BrClN2O2. The van der Waals surface area contributed by atoms with Crippen molar-refractivity contribution in [2.75, 3.05) is 5.32 Å². The summed E-state index contributed by atoms with van der Waals surface area (Å²) in [4.78, 5) is 26.2. The Hall–Kier alpha value is -2.11. The summed E-state index contributed by atoms with van der Waals surface area (Å²) >= 11 is 9.73. The van der Waals surface area contributed by atoms with Crippen LogP contribution in [0.5, 0.6) is 0 Å². The Morgan fingerprint density at radius 3 is 2.79 bits per heavy atom. The number of hydrogen-bond donors (Lipinski definition) is 2. The third-order valence-corrected chi connectivity index (χ3v) is 6.59. The number of nitrogens with one attached hydrogen (secondary N) is 2. The average molecular weight is 460 g/mol. The SMILES string of the molecule is C=C(CC)[C@H]1NC(=O)C[C@@H](c2cccc(Cl)c2)[C@]12C(=O)Nc1cc(Br)ccc12. The fourth-order valence-electron chi connectivity index (χ4n) is 4.57. The Morgan fingerprint density at radius 2 is 2.07 bits per heavy atom. The van der Waals surface area contributed by atoms with E-state index in [1.54, 1.807) is 6.07 Å². The molecule has 0 radical (unpaired) electrons. The van der Waals surface area contributed by atoms with Gasteiger partial charge in [-0.3, -0.25) is 9.59 Å². The highest BCUT2D eigenvalue weighted by Crippen LogP contribution is 2.54. The summed E-state index contributed by atoms with van der Waals surface area (Å²) in [6.07, 6.45) is 0.866. The second-order valence-corrected chi connectivity index (χ2v) is 8.69. The van der Waals surface area contributed by atoms with Gasteiger partial charge >= 0.3 is 0 Å². The highest BCUT2D eigenvalue weighted by Gasteiger charge is 2.61. The first-order chi connectivity index (χ1) is 13.4. The number of benzene rings is 2. The lowest BCUT2D eigenvalue weighted by molar-refractivity contribution is -0.130. The second kappa shape index (κ2) is 7.05. The molecule has 2 N–H and O–H groups in total. The van der Waals surface area contributed by atoms with Gasteiger partial charge in [0.05, 0.1) is 6.04 Å². The molecule has 2 aliphatic heterocycles. The highest BCUT2D eigenvalue weighted by molar-refractivity contribution is 9.10. The molecule has 1 spiro atoms. The predicted molar refractivity (Wildman–Crippen MR) is 115 cm³/mol. The summed E-state index contributed by atoms with van der Waals surface area (Å²) < 4.78 is 0.883. The molecule has 2 aliphatic rings. The maximum atomic E-state index is 13.6. The number of rotatable bonds is 3. The third kappa shape index (κ3) is 2.80. The minimum Gasteiger partial charge on any atom is -0.348 e. The molecule has 4 rings (SSSR count). The average Bonchev–Trinajstić information content (AvgIpc) is 2.94. The number of piperidine rings is 1. The zero-order valence-corrected chi connectivity index (χ0v) is 17.7. The molecule has 6 heteroatoms. The number of carbonyl (C=O) groups is 2. The zero-order valence-electron chi connectivity index (χ0n) is 15.4. The molecule has 0 unspecified atom stereocenters. The summed E-state index contributed by atoms with van der Waals surface area (Å²) in [7, 11) is 0. The van der Waals surface area contributed by atoms with Crippen molar-refractivity contribution in [1.29, 1.82) is 0 Å². The van der Waals surface area contributed by atoms with Crippen LogP contribution in [0, 0.1) is 0 Å². The van der Waals surface area contributed by atoms with E-state index in [9.17, 15) is 9.59 Å². The minimum absolute atomic E-state index is 0.0893. The summed E-state index contributed by atoms with van der Waals surface area (Å²) in [6, 6.07) is 12.7. The molecule has 2 aromatic rings. The van der Waals surface area contributed by atoms with Crippen molar-refractivity contribution in [3.8, 4) is 0 Å². The molecule has 144 valence electrons. The van der Waals surface area contributed by atoms with Crippen molar-refractivity contribution in [2.45, 2.75) is 37.1 Å². The molecule has 0 saturated carbocycles. The molecule has 1 saturated heterocycles. The molecule has 0 aromatic heterocycles. The lowest BCUT2D eigenvalue weighted by Gasteiger charge is -2.47. The Kier molecular flexibility index (Phi) is 4.84. The second-order valence-electron chi connectivity index (χ2n) is 7.34. The molecule has 0 aliphatic carbocycles. The van der Waals surface area contributed by atoms with Crippen molar-refractivity contribution >= 4 is 45.0 Å². The first-order valence-corrected chi connectivity index (χ1v) is 10.4. The zero-order chi connectivity index (χ0) is 20.1. The first kappa shape index (κ1) is 19.2. The van der Waals surface area contributed by atoms with Crippen LogP contribution in [-0.2, 0) is 15.0 Å². The van der Waals surface area contributed by atoms with Gasteiger partial charge in [-0.15, -0.1) is 0 Å². The number of hydrogen-bond acceptors (Lipinski definition) is 2. The first-order valence-electron chi connectivity index (χ1n) is 9.22. The van der Waals surface area contributed by atoms with E-state index in [-0.39, 0.29) is 24.2 Å². The smallest absolute Gasteiger partial charge is 0.238 e. The Balaban J connectivity index is 2.01. The number of amides is 2. The van der Waals surface area contributed by atoms with Crippen molar-refractivity contribution in [2.24, 2.45) is 0 Å². The molecule has 1 fully saturated rings. The van der Waals surface area contributed by atoms with Gasteiger partial charge in [0, 0.05) is 27.5 Å². The third-order valence-electron chi connectivity index (χ3n) is 5.86. The fourth-order valence-corrected chi connectivity index (χ4v) is 5.13. The van der Waals surface area contributed by atoms with E-state index in [2.05, 4.69) is 33.1 Å². The summed E-state index contributed by atoms with van der Waals surface area (Å²) in [5.74, 6) is -0.561. The van der Waals surface area contributed by atoms with Crippen LogP contribution in [0.4, 0.5) is 5.69 Å². The lowest BCUT2D eigenvalue weighted by Crippen LogP contribution is -2.62. The summed E-state index contributed by atoms with van der Waals surface area (Å²) in [6.45, 7) is 6.18. The van der Waals surface area contributed by atoms with E-state index in [1.165, 1.54) is 0 Å². The van der Waals surface area contributed by atoms with Gasteiger partial charge in [0.1, 0.15) is 5.41 Å². The van der Waals surface area contributed by atoms with Gasteiger partial charge in [0.15, 0.2) is 0 Å². The van der Waals surface area contributed by atoms with Crippen LogP contribution in [0.3, 0.4) is 0 Å². The van der Waals surface area contributed by atoms with Crippen LogP contribution in [0.15, 0.2) is 59.1 Å². The van der Waals surface area contributed by atoms with E-state index in [4.69, 9.17) is 11.6 Å². The van der Waals surface area contributed by atoms with Gasteiger partial charge in [-0.1, -0.05) is 64.8 Å². The maximum absolute atomic E-state index is 13.6. The Bertz CT molecular complexity index is 1010. The van der Waals surface area contributed by atoms with Crippen LogP contribution >= 0.6 is 27.5 Å². The van der Waals surface area contributed by atoms with Gasteiger partial charge in [-0.25, -0.2) is 0 Å². The van der Waals surface area contributed by atoms with Gasteiger partial charge in [-0.05, 0) is 41.8 Å².